The fourth-order valence-electron chi connectivity index (χ4n) is 1.34. The van der Waals surface area contributed by atoms with Gasteiger partial charge in [0.15, 0.2) is 6.61 Å². The molecule has 3 nitrogen and oxygen atoms in total. The number of nitrogens with two attached hydrogens (primary N) is 1. The van der Waals surface area contributed by atoms with E-state index in [0.717, 1.165) is 5.69 Å². The van der Waals surface area contributed by atoms with Crippen LogP contribution >= 0.6 is 0 Å². The van der Waals surface area contributed by atoms with Gasteiger partial charge in [-0.2, -0.15) is 13.2 Å². The van der Waals surface area contributed by atoms with Crippen LogP contribution in [0.15, 0.2) is 12.1 Å². The lowest BCUT2D eigenvalue weighted by Crippen LogP contribution is -2.22. The molecule has 1 unspecified atom stereocenters. The molecule has 0 aromatic carbocycles. The van der Waals surface area contributed by atoms with Crippen LogP contribution in [0, 0.1) is 6.92 Å². The number of aromatic nitrogens is 1. The van der Waals surface area contributed by atoms with E-state index in [-0.39, 0.29) is 11.8 Å². The molecule has 2 N–H and O–H groups in total. The molecule has 1 aromatic heterocycles. The van der Waals surface area contributed by atoms with Crippen molar-refractivity contribution >= 4 is 0 Å². The molecular formula is C11H15F3N2O. The third-order valence-electron chi connectivity index (χ3n) is 1.98. The summed E-state index contributed by atoms with van der Waals surface area (Å²) in [5, 5.41) is 0. The molecule has 1 atom stereocenters. The molecule has 0 aliphatic carbocycles. The third-order valence-corrected chi connectivity index (χ3v) is 1.98. The summed E-state index contributed by atoms with van der Waals surface area (Å²) in [7, 11) is 0. The summed E-state index contributed by atoms with van der Waals surface area (Å²) in [5.74, 6) is 0.144. The predicted octanol–water partition coefficient (Wildman–Crippen LogP) is 2.22. The summed E-state index contributed by atoms with van der Waals surface area (Å²) in [6.07, 6.45) is -3.97. The van der Waals surface area contributed by atoms with Crippen molar-refractivity contribution in [1.82, 2.24) is 4.98 Å². The fourth-order valence-corrected chi connectivity index (χ4v) is 1.34. The van der Waals surface area contributed by atoms with Crippen LogP contribution in [0.2, 0.25) is 0 Å². The van der Waals surface area contributed by atoms with Gasteiger partial charge in [-0.1, -0.05) is 0 Å². The first-order valence-electron chi connectivity index (χ1n) is 5.19. The van der Waals surface area contributed by atoms with Crippen LogP contribution in [0.25, 0.3) is 0 Å². The summed E-state index contributed by atoms with van der Waals surface area (Å²) in [6, 6.07) is 2.92. The molecule has 1 aromatic rings. The molecule has 0 aliphatic rings. The van der Waals surface area contributed by atoms with Crippen LogP contribution in [0.3, 0.4) is 0 Å². The number of nitrogens with zero attached hydrogens (tertiary/aromatic N) is 1. The SMILES string of the molecule is Cc1ccc(OCC(F)(F)F)c(CC(C)N)n1. The highest BCUT2D eigenvalue weighted by atomic mass is 19.4. The summed E-state index contributed by atoms with van der Waals surface area (Å²) in [6.45, 7) is 2.21. The third kappa shape index (κ3) is 5.04. The molecule has 96 valence electrons. The molecule has 0 fully saturated rings. The van der Waals surface area contributed by atoms with Crippen LogP contribution in [-0.2, 0) is 6.42 Å². The normalized spacial score (nSPS) is 13.5. The van der Waals surface area contributed by atoms with E-state index in [2.05, 4.69) is 4.98 Å². The van der Waals surface area contributed by atoms with E-state index in [1.54, 1.807) is 19.9 Å². The smallest absolute Gasteiger partial charge is 0.422 e. The highest BCUT2D eigenvalue weighted by Crippen LogP contribution is 2.22. The van der Waals surface area contributed by atoms with E-state index >= 15 is 0 Å². The number of hydrogen-bond acceptors (Lipinski definition) is 3. The van der Waals surface area contributed by atoms with Crippen molar-refractivity contribution in [2.24, 2.45) is 5.73 Å². The summed E-state index contributed by atoms with van der Waals surface area (Å²) in [5.41, 5.74) is 6.79. The van der Waals surface area contributed by atoms with E-state index in [4.69, 9.17) is 10.5 Å². The Morgan fingerprint density at radius 1 is 1.41 bits per heavy atom. The first-order chi connectivity index (χ1) is 7.78. The lowest BCUT2D eigenvalue weighted by atomic mass is 10.1. The first-order valence-corrected chi connectivity index (χ1v) is 5.19. The highest BCUT2D eigenvalue weighted by molar-refractivity contribution is 5.30. The van der Waals surface area contributed by atoms with Gasteiger partial charge in [-0.05, 0) is 26.0 Å². The zero-order valence-corrected chi connectivity index (χ0v) is 9.71. The number of hydrogen-bond donors (Lipinski definition) is 1. The molecule has 0 bridgehead atoms. The van der Waals surface area contributed by atoms with Gasteiger partial charge in [0.25, 0.3) is 0 Å². The number of alkyl halides is 3. The Bertz CT molecular complexity index is 377. The van der Waals surface area contributed by atoms with Crippen LogP contribution in [0.5, 0.6) is 5.75 Å². The monoisotopic (exact) mass is 248 g/mol. The molecular weight excluding hydrogens is 233 g/mol. The maximum absolute atomic E-state index is 12.0. The minimum Gasteiger partial charge on any atom is -0.482 e. The van der Waals surface area contributed by atoms with Crippen LogP contribution < -0.4 is 10.5 Å². The fraction of sp³-hybridized carbons (Fsp3) is 0.545. The quantitative estimate of drug-likeness (QED) is 0.888. The maximum atomic E-state index is 12.0. The standard InChI is InChI=1S/C11H15F3N2O/c1-7(15)5-9-10(4-3-8(2)16-9)17-6-11(12,13)14/h3-4,7H,5-6,15H2,1-2H3. The zero-order valence-electron chi connectivity index (χ0n) is 9.71. The predicted molar refractivity (Wildman–Crippen MR) is 57.9 cm³/mol. The lowest BCUT2D eigenvalue weighted by molar-refractivity contribution is -0.153. The van der Waals surface area contributed by atoms with Gasteiger partial charge in [-0.25, -0.2) is 0 Å². The number of halogens is 3. The molecule has 0 spiro atoms. The average molecular weight is 248 g/mol. The van der Waals surface area contributed by atoms with Gasteiger partial charge in [-0.3, -0.25) is 4.98 Å². The van der Waals surface area contributed by atoms with Crippen LogP contribution in [0.1, 0.15) is 18.3 Å². The van der Waals surface area contributed by atoms with Crippen LogP contribution in [-0.4, -0.2) is 23.8 Å². The molecule has 0 saturated heterocycles. The van der Waals surface area contributed by atoms with Gasteiger partial charge >= 0.3 is 6.18 Å². The molecule has 0 radical (unpaired) electrons. The van der Waals surface area contributed by atoms with Crippen molar-refractivity contribution in [1.29, 1.82) is 0 Å². The summed E-state index contributed by atoms with van der Waals surface area (Å²) < 4.78 is 40.8. The van der Waals surface area contributed by atoms with Crippen LogP contribution in [0.4, 0.5) is 13.2 Å². The number of pyridine rings is 1. The van der Waals surface area contributed by atoms with Gasteiger partial charge < -0.3 is 10.5 Å². The summed E-state index contributed by atoms with van der Waals surface area (Å²) >= 11 is 0. The van der Waals surface area contributed by atoms with Gasteiger partial charge in [0.1, 0.15) is 5.75 Å². The Labute approximate surface area is 97.8 Å². The van der Waals surface area contributed by atoms with Gasteiger partial charge in [-0.15, -0.1) is 0 Å². The lowest BCUT2D eigenvalue weighted by Gasteiger charge is -2.14. The van der Waals surface area contributed by atoms with Crippen molar-refractivity contribution in [3.05, 3.63) is 23.5 Å². The topological polar surface area (TPSA) is 48.1 Å². The Hall–Kier alpha value is -1.30. The van der Waals surface area contributed by atoms with Gasteiger partial charge in [0, 0.05) is 18.2 Å². The van der Waals surface area contributed by atoms with E-state index in [1.165, 1.54) is 6.07 Å². The second kappa shape index (κ2) is 5.35. The van der Waals surface area contributed by atoms with E-state index in [9.17, 15) is 13.2 Å². The minimum atomic E-state index is -4.35. The summed E-state index contributed by atoms with van der Waals surface area (Å²) in [4.78, 5) is 4.14. The average Bonchev–Trinajstić information content (AvgIpc) is 2.14. The van der Waals surface area contributed by atoms with Crippen molar-refractivity contribution in [2.45, 2.75) is 32.5 Å². The number of rotatable bonds is 4. The van der Waals surface area contributed by atoms with Crippen molar-refractivity contribution in [2.75, 3.05) is 6.61 Å². The number of aryl methyl sites for hydroxylation is 1. The van der Waals surface area contributed by atoms with Crippen molar-refractivity contribution in [3.63, 3.8) is 0 Å². The molecule has 1 rings (SSSR count). The largest absolute Gasteiger partial charge is 0.482 e. The molecule has 0 amide bonds. The molecule has 6 heteroatoms. The Morgan fingerprint density at radius 3 is 2.59 bits per heavy atom. The van der Waals surface area contributed by atoms with Crippen molar-refractivity contribution < 1.29 is 17.9 Å². The Kier molecular flexibility index (Phi) is 4.34. The molecule has 17 heavy (non-hydrogen) atoms. The van der Waals surface area contributed by atoms with E-state index in [1.807, 2.05) is 0 Å². The van der Waals surface area contributed by atoms with E-state index < -0.39 is 12.8 Å². The molecule has 0 saturated carbocycles. The van der Waals surface area contributed by atoms with Crippen molar-refractivity contribution in [3.8, 4) is 5.75 Å². The maximum Gasteiger partial charge on any atom is 0.422 e. The Morgan fingerprint density at radius 2 is 2.06 bits per heavy atom. The highest BCUT2D eigenvalue weighted by Gasteiger charge is 2.29. The minimum absolute atomic E-state index is 0.144. The second-order valence-electron chi connectivity index (χ2n) is 3.98. The van der Waals surface area contributed by atoms with E-state index in [0.29, 0.717) is 12.1 Å². The number of ether oxygens (including phenoxy) is 1. The molecule has 0 aliphatic heterocycles. The zero-order chi connectivity index (χ0) is 13.1. The molecule has 1 heterocycles. The second-order valence-corrected chi connectivity index (χ2v) is 3.98. The first kappa shape index (κ1) is 13.8. The van der Waals surface area contributed by atoms with Gasteiger partial charge in [0.2, 0.25) is 0 Å². The van der Waals surface area contributed by atoms with Gasteiger partial charge in [0.05, 0.1) is 5.69 Å². The Balaban J connectivity index is 2.82.